The molecule has 2 aromatic carbocycles. The van der Waals surface area contributed by atoms with E-state index in [4.69, 9.17) is 4.98 Å². The Hall–Kier alpha value is -3.62. The number of amides is 2. The van der Waals surface area contributed by atoms with E-state index >= 15 is 0 Å². The SMILES string of the molecule is CC(C)C[C@@H](NC(=O)c1cc2ccccc2s1)C(=O)N[C@@H]1CCN(Cc2ccc3ccccc3n2)CCC1=O. The van der Waals surface area contributed by atoms with Crippen molar-refractivity contribution in [3.63, 3.8) is 0 Å². The van der Waals surface area contributed by atoms with E-state index in [2.05, 4.69) is 21.6 Å². The van der Waals surface area contributed by atoms with Gasteiger partial charge in [-0.2, -0.15) is 0 Å². The number of Topliss-reactive ketones (excluding diaryl/α,β-unsaturated/α-hetero) is 1. The number of ketones is 1. The van der Waals surface area contributed by atoms with Gasteiger partial charge in [0.05, 0.1) is 22.1 Å². The number of rotatable bonds is 8. The first-order valence-electron chi connectivity index (χ1n) is 13.6. The maximum atomic E-state index is 13.3. The van der Waals surface area contributed by atoms with Crippen molar-refractivity contribution in [3.05, 3.63) is 77.3 Å². The predicted molar refractivity (Wildman–Crippen MR) is 156 cm³/mol. The lowest BCUT2D eigenvalue weighted by molar-refractivity contribution is -0.129. The second kappa shape index (κ2) is 12.1. The highest BCUT2D eigenvalue weighted by Gasteiger charge is 2.30. The number of carbonyl (C=O) groups excluding carboxylic acids is 3. The Morgan fingerprint density at radius 2 is 1.79 bits per heavy atom. The van der Waals surface area contributed by atoms with Gasteiger partial charge in [0.15, 0.2) is 5.78 Å². The third kappa shape index (κ3) is 6.69. The summed E-state index contributed by atoms with van der Waals surface area (Å²) in [5, 5.41) is 8.00. The van der Waals surface area contributed by atoms with Gasteiger partial charge in [-0.3, -0.25) is 24.3 Å². The smallest absolute Gasteiger partial charge is 0.262 e. The minimum atomic E-state index is -0.711. The fourth-order valence-corrected chi connectivity index (χ4v) is 6.03. The first-order chi connectivity index (χ1) is 18.9. The minimum Gasteiger partial charge on any atom is -0.344 e. The van der Waals surface area contributed by atoms with E-state index in [0.29, 0.717) is 43.8 Å². The third-order valence-electron chi connectivity index (χ3n) is 7.13. The van der Waals surface area contributed by atoms with Gasteiger partial charge in [0, 0.05) is 36.1 Å². The van der Waals surface area contributed by atoms with Crippen molar-refractivity contribution in [2.75, 3.05) is 13.1 Å². The number of fused-ring (bicyclic) bond motifs is 2. The van der Waals surface area contributed by atoms with Gasteiger partial charge in [-0.25, -0.2) is 0 Å². The Morgan fingerprint density at radius 1 is 1.03 bits per heavy atom. The fraction of sp³-hybridized carbons (Fsp3) is 0.355. The molecule has 0 bridgehead atoms. The molecule has 0 saturated carbocycles. The highest BCUT2D eigenvalue weighted by Crippen LogP contribution is 2.25. The summed E-state index contributed by atoms with van der Waals surface area (Å²) in [6, 6.07) is 20.5. The van der Waals surface area contributed by atoms with Crippen LogP contribution in [0.3, 0.4) is 0 Å². The molecule has 2 amide bonds. The number of para-hydroxylation sites is 1. The molecule has 0 spiro atoms. The van der Waals surface area contributed by atoms with Crippen LogP contribution in [0.15, 0.2) is 66.7 Å². The van der Waals surface area contributed by atoms with Gasteiger partial charge in [-0.1, -0.05) is 56.3 Å². The van der Waals surface area contributed by atoms with Gasteiger partial charge < -0.3 is 10.6 Å². The number of likely N-dealkylation sites (tertiary alicyclic amines) is 1. The van der Waals surface area contributed by atoms with Gasteiger partial charge in [0.1, 0.15) is 6.04 Å². The van der Waals surface area contributed by atoms with Gasteiger partial charge in [-0.05, 0) is 48.4 Å². The molecule has 39 heavy (non-hydrogen) atoms. The number of nitrogens with zero attached hydrogens (tertiary/aromatic N) is 2. The van der Waals surface area contributed by atoms with E-state index in [1.165, 1.54) is 11.3 Å². The first kappa shape index (κ1) is 27.0. The summed E-state index contributed by atoms with van der Waals surface area (Å²) >= 11 is 1.41. The molecule has 1 aliphatic rings. The number of aromatic nitrogens is 1. The normalized spacial score (nSPS) is 17.3. The van der Waals surface area contributed by atoms with Crippen LogP contribution in [0.1, 0.15) is 48.5 Å². The van der Waals surface area contributed by atoms with Crippen molar-refractivity contribution in [3.8, 4) is 0 Å². The molecule has 202 valence electrons. The number of thiophene rings is 1. The molecule has 1 saturated heterocycles. The van der Waals surface area contributed by atoms with E-state index in [0.717, 1.165) is 26.7 Å². The highest BCUT2D eigenvalue weighted by atomic mass is 32.1. The van der Waals surface area contributed by atoms with Crippen LogP contribution in [-0.4, -0.2) is 52.7 Å². The standard InChI is InChI=1S/C31H34N4O3S/c1-20(2)17-26(34-31(38)29-18-22-8-4-6-10-28(22)39-29)30(37)33-25-13-15-35(16-14-27(25)36)19-23-12-11-21-7-3-5-9-24(21)32-23/h3-12,18,20,25-26H,13-17,19H2,1-2H3,(H,33,37)(H,34,38)/t25-,26-/m1/s1. The van der Waals surface area contributed by atoms with Crippen molar-refractivity contribution in [1.29, 1.82) is 0 Å². The molecule has 0 unspecified atom stereocenters. The molecular formula is C31H34N4O3S. The van der Waals surface area contributed by atoms with Gasteiger partial charge in [-0.15, -0.1) is 11.3 Å². The lowest BCUT2D eigenvalue weighted by atomic mass is 10.0. The van der Waals surface area contributed by atoms with Crippen LogP contribution >= 0.6 is 11.3 Å². The number of carbonyl (C=O) groups is 3. The van der Waals surface area contributed by atoms with E-state index in [-0.39, 0.29) is 23.5 Å². The van der Waals surface area contributed by atoms with Crippen LogP contribution in [0.5, 0.6) is 0 Å². The summed E-state index contributed by atoms with van der Waals surface area (Å²) in [7, 11) is 0. The molecule has 7 nitrogen and oxygen atoms in total. The monoisotopic (exact) mass is 542 g/mol. The number of nitrogens with one attached hydrogen (secondary N) is 2. The molecule has 3 heterocycles. The van der Waals surface area contributed by atoms with Crippen molar-refractivity contribution in [1.82, 2.24) is 20.5 Å². The van der Waals surface area contributed by atoms with Crippen LogP contribution in [0.4, 0.5) is 0 Å². The summed E-state index contributed by atoms with van der Waals surface area (Å²) in [6.07, 6.45) is 1.38. The fourth-order valence-electron chi connectivity index (χ4n) is 5.06. The van der Waals surface area contributed by atoms with Crippen LogP contribution in [0, 0.1) is 5.92 Å². The summed E-state index contributed by atoms with van der Waals surface area (Å²) in [4.78, 5) is 46.9. The van der Waals surface area contributed by atoms with Gasteiger partial charge in [0.2, 0.25) is 5.91 Å². The second-order valence-corrected chi connectivity index (χ2v) is 11.7. The Labute approximate surface area is 232 Å². The quantitative estimate of drug-likeness (QED) is 0.329. The Bertz CT molecular complexity index is 1460. The van der Waals surface area contributed by atoms with E-state index in [1.54, 1.807) is 0 Å². The average molecular weight is 543 g/mol. The second-order valence-electron chi connectivity index (χ2n) is 10.6. The molecule has 2 atom stereocenters. The van der Waals surface area contributed by atoms with Gasteiger partial charge >= 0.3 is 0 Å². The molecule has 0 radical (unpaired) electrons. The molecule has 1 aliphatic heterocycles. The van der Waals surface area contributed by atoms with Crippen LogP contribution < -0.4 is 10.6 Å². The zero-order chi connectivity index (χ0) is 27.4. The summed E-state index contributed by atoms with van der Waals surface area (Å²) in [5.74, 6) is -0.353. The van der Waals surface area contributed by atoms with Crippen molar-refractivity contribution >= 4 is 49.9 Å². The number of benzene rings is 2. The third-order valence-corrected chi connectivity index (χ3v) is 8.25. The molecule has 2 N–H and O–H groups in total. The zero-order valence-electron chi connectivity index (χ0n) is 22.4. The Morgan fingerprint density at radius 3 is 2.59 bits per heavy atom. The average Bonchev–Trinajstić information content (AvgIpc) is 3.30. The van der Waals surface area contributed by atoms with Gasteiger partial charge in [0.25, 0.3) is 5.91 Å². The molecule has 0 aliphatic carbocycles. The Balaban J connectivity index is 1.21. The van der Waals surface area contributed by atoms with Crippen molar-refractivity contribution in [2.24, 2.45) is 5.92 Å². The zero-order valence-corrected chi connectivity index (χ0v) is 23.2. The largest absolute Gasteiger partial charge is 0.344 e. The maximum Gasteiger partial charge on any atom is 0.262 e. The molecular weight excluding hydrogens is 508 g/mol. The van der Waals surface area contributed by atoms with Crippen molar-refractivity contribution in [2.45, 2.75) is 51.7 Å². The van der Waals surface area contributed by atoms with Crippen LogP contribution in [0.2, 0.25) is 0 Å². The summed E-state index contributed by atoms with van der Waals surface area (Å²) < 4.78 is 1.03. The van der Waals surface area contributed by atoms with Crippen LogP contribution in [0.25, 0.3) is 21.0 Å². The maximum absolute atomic E-state index is 13.3. The minimum absolute atomic E-state index is 0.0245. The van der Waals surface area contributed by atoms with E-state index in [1.807, 2.05) is 74.5 Å². The highest BCUT2D eigenvalue weighted by molar-refractivity contribution is 7.20. The Kier molecular flexibility index (Phi) is 8.33. The topological polar surface area (TPSA) is 91.4 Å². The number of hydrogen-bond acceptors (Lipinski definition) is 6. The number of pyridine rings is 1. The molecule has 4 aromatic rings. The van der Waals surface area contributed by atoms with Crippen LogP contribution in [-0.2, 0) is 16.1 Å². The molecule has 5 rings (SSSR count). The van der Waals surface area contributed by atoms with E-state index < -0.39 is 12.1 Å². The summed E-state index contributed by atoms with van der Waals surface area (Å²) in [6.45, 7) is 5.98. The molecule has 2 aromatic heterocycles. The first-order valence-corrected chi connectivity index (χ1v) is 14.4. The predicted octanol–water partition coefficient (Wildman–Crippen LogP) is 4.94. The lowest BCUT2D eigenvalue weighted by Gasteiger charge is -2.23. The summed E-state index contributed by atoms with van der Waals surface area (Å²) in [5.41, 5.74) is 1.92. The molecule has 8 heteroatoms. The van der Waals surface area contributed by atoms with Crippen molar-refractivity contribution < 1.29 is 14.4 Å². The molecule has 1 fully saturated rings. The van der Waals surface area contributed by atoms with E-state index in [9.17, 15) is 14.4 Å². The lowest BCUT2D eigenvalue weighted by Crippen LogP contribution is -2.52. The number of hydrogen-bond donors (Lipinski definition) is 2.